The van der Waals surface area contributed by atoms with Crippen LogP contribution in [0.3, 0.4) is 0 Å². The van der Waals surface area contributed by atoms with Crippen molar-refractivity contribution in [2.75, 3.05) is 19.7 Å². The summed E-state index contributed by atoms with van der Waals surface area (Å²) in [7, 11) is 0. The molecule has 0 spiro atoms. The molecule has 2 aliphatic rings. The molecule has 4 nitrogen and oxygen atoms in total. The van der Waals surface area contributed by atoms with Gasteiger partial charge in [-0.3, -0.25) is 4.99 Å². The zero-order chi connectivity index (χ0) is 13.1. The van der Waals surface area contributed by atoms with Crippen LogP contribution in [0.25, 0.3) is 0 Å². The molecule has 0 aromatic heterocycles. The number of hydrogen-bond acceptors (Lipinski definition) is 4. The average Bonchev–Trinajstić information content (AvgIpc) is 3.20. The summed E-state index contributed by atoms with van der Waals surface area (Å²) in [5.41, 5.74) is 1.39. The predicted octanol–water partition coefficient (Wildman–Crippen LogP) is 1.88. The molecule has 1 aromatic rings. The van der Waals surface area contributed by atoms with Gasteiger partial charge >= 0.3 is 0 Å². The molecule has 0 amide bonds. The zero-order valence-corrected chi connectivity index (χ0v) is 11.4. The van der Waals surface area contributed by atoms with Gasteiger partial charge in [0.15, 0.2) is 5.96 Å². The lowest BCUT2D eigenvalue weighted by Gasteiger charge is -2.16. The minimum absolute atomic E-state index is 0.530. The van der Waals surface area contributed by atoms with Gasteiger partial charge in [-0.1, -0.05) is 12.1 Å². The van der Waals surface area contributed by atoms with Crippen LogP contribution >= 0.6 is 0 Å². The van der Waals surface area contributed by atoms with E-state index in [9.17, 15) is 0 Å². The van der Waals surface area contributed by atoms with Crippen LogP contribution < -0.4 is 15.4 Å². The predicted molar refractivity (Wildman–Crippen MR) is 76.8 cm³/mol. The molecule has 4 heteroatoms. The van der Waals surface area contributed by atoms with Crippen molar-refractivity contribution < 1.29 is 4.74 Å². The normalized spacial score (nSPS) is 25.2. The quantitative estimate of drug-likeness (QED) is 0.868. The first kappa shape index (κ1) is 12.3. The molecule has 19 heavy (non-hydrogen) atoms. The molecule has 1 aromatic carbocycles. The molecule has 1 aliphatic heterocycles. The Morgan fingerprint density at radius 1 is 1.37 bits per heavy atom. The molecule has 2 N–H and O–H groups in total. The lowest BCUT2D eigenvalue weighted by Crippen LogP contribution is -2.42. The molecule has 1 aliphatic carbocycles. The van der Waals surface area contributed by atoms with Crippen molar-refractivity contribution in [3.63, 3.8) is 0 Å². The largest absolute Gasteiger partial charge is 0.494 e. The number of rotatable bonds is 4. The van der Waals surface area contributed by atoms with Crippen LogP contribution in [0.1, 0.15) is 31.2 Å². The summed E-state index contributed by atoms with van der Waals surface area (Å²) in [5, 5.41) is 6.80. The summed E-state index contributed by atoms with van der Waals surface area (Å²) in [6, 6.07) is 9.00. The molecule has 0 bridgehead atoms. The molecule has 1 saturated carbocycles. The van der Waals surface area contributed by atoms with Crippen LogP contribution in [0.5, 0.6) is 5.75 Å². The standard InChI is InChI=1S/C15H21N3O/c1-2-19-12-6-4-11(5-7-12)13-10-14(13)18-15-16-8-3-9-17-15/h4-7,13-14H,2-3,8-10H2,1H3,(H2,16,17,18)/t13-,14+/m0/s1. The topological polar surface area (TPSA) is 45.6 Å². The fourth-order valence-corrected chi connectivity index (χ4v) is 2.51. The van der Waals surface area contributed by atoms with Crippen molar-refractivity contribution in [1.82, 2.24) is 10.6 Å². The molecule has 1 heterocycles. The highest BCUT2D eigenvalue weighted by atomic mass is 16.5. The summed E-state index contributed by atoms with van der Waals surface area (Å²) in [6.07, 6.45) is 2.33. The van der Waals surface area contributed by atoms with E-state index in [1.807, 2.05) is 6.92 Å². The van der Waals surface area contributed by atoms with Crippen molar-refractivity contribution >= 4 is 5.96 Å². The van der Waals surface area contributed by atoms with Gasteiger partial charge < -0.3 is 15.4 Å². The van der Waals surface area contributed by atoms with Crippen LogP contribution in [-0.2, 0) is 0 Å². The van der Waals surface area contributed by atoms with Gasteiger partial charge in [-0.2, -0.15) is 0 Å². The third-order valence-electron chi connectivity index (χ3n) is 3.63. The highest BCUT2D eigenvalue weighted by Gasteiger charge is 2.39. The molecular formula is C15H21N3O. The maximum absolute atomic E-state index is 5.46. The molecule has 1 fully saturated rings. The average molecular weight is 259 g/mol. The molecule has 3 rings (SSSR count). The van der Waals surface area contributed by atoms with Crippen molar-refractivity contribution in [3.8, 4) is 5.75 Å². The number of nitrogens with one attached hydrogen (secondary N) is 2. The van der Waals surface area contributed by atoms with E-state index in [2.05, 4.69) is 39.9 Å². The Hall–Kier alpha value is -1.71. The number of benzene rings is 1. The van der Waals surface area contributed by atoms with Gasteiger partial charge in [0.05, 0.1) is 6.61 Å². The number of guanidine groups is 1. The Morgan fingerprint density at radius 3 is 2.89 bits per heavy atom. The Labute approximate surface area is 114 Å². The number of ether oxygens (including phenoxy) is 1. The minimum Gasteiger partial charge on any atom is -0.494 e. The molecule has 0 unspecified atom stereocenters. The van der Waals surface area contributed by atoms with Gasteiger partial charge in [-0.25, -0.2) is 0 Å². The molecule has 2 atom stereocenters. The minimum atomic E-state index is 0.530. The second-order valence-electron chi connectivity index (χ2n) is 5.11. The first-order valence-electron chi connectivity index (χ1n) is 7.14. The highest BCUT2D eigenvalue weighted by Crippen LogP contribution is 2.41. The van der Waals surface area contributed by atoms with Gasteiger partial charge in [-0.05, 0) is 37.5 Å². The van der Waals surface area contributed by atoms with E-state index in [-0.39, 0.29) is 0 Å². The third kappa shape index (κ3) is 3.00. The van der Waals surface area contributed by atoms with Gasteiger partial charge in [0.1, 0.15) is 5.75 Å². The van der Waals surface area contributed by atoms with Crippen molar-refractivity contribution in [2.45, 2.75) is 31.7 Å². The van der Waals surface area contributed by atoms with E-state index in [0.717, 1.165) is 37.8 Å². The van der Waals surface area contributed by atoms with Gasteiger partial charge in [0.2, 0.25) is 0 Å². The number of nitrogens with zero attached hydrogens (tertiary/aromatic N) is 1. The SMILES string of the molecule is CCOc1ccc([C@@H]2C[C@H]2NC2=NCCCN2)cc1. The van der Waals surface area contributed by atoms with E-state index in [1.165, 1.54) is 12.0 Å². The molecule has 0 saturated heterocycles. The van der Waals surface area contributed by atoms with E-state index < -0.39 is 0 Å². The van der Waals surface area contributed by atoms with Gasteiger partial charge in [0, 0.05) is 25.0 Å². The highest BCUT2D eigenvalue weighted by molar-refractivity contribution is 5.81. The second-order valence-corrected chi connectivity index (χ2v) is 5.11. The first-order valence-corrected chi connectivity index (χ1v) is 7.14. The van der Waals surface area contributed by atoms with Crippen LogP contribution in [0.15, 0.2) is 29.3 Å². The van der Waals surface area contributed by atoms with Gasteiger partial charge in [-0.15, -0.1) is 0 Å². The van der Waals surface area contributed by atoms with Crippen molar-refractivity contribution in [1.29, 1.82) is 0 Å². The van der Waals surface area contributed by atoms with Crippen molar-refractivity contribution in [2.24, 2.45) is 4.99 Å². The Morgan fingerprint density at radius 2 is 2.21 bits per heavy atom. The lowest BCUT2D eigenvalue weighted by molar-refractivity contribution is 0.340. The molecule has 0 radical (unpaired) electrons. The fraction of sp³-hybridized carbons (Fsp3) is 0.533. The Balaban J connectivity index is 1.55. The zero-order valence-electron chi connectivity index (χ0n) is 11.4. The van der Waals surface area contributed by atoms with Crippen molar-refractivity contribution in [3.05, 3.63) is 29.8 Å². The van der Waals surface area contributed by atoms with E-state index >= 15 is 0 Å². The van der Waals surface area contributed by atoms with E-state index in [4.69, 9.17) is 4.74 Å². The molecule has 102 valence electrons. The summed E-state index contributed by atoms with van der Waals surface area (Å²) in [5.74, 6) is 2.54. The van der Waals surface area contributed by atoms with Gasteiger partial charge in [0.25, 0.3) is 0 Å². The van der Waals surface area contributed by atoms with Crippen LogP contribution in [0.4, 0.5) is 0 Å². The summed E-state index contributed by atoms with van der Waals surface area (Å²) >= 11 is 0. The smallest absolute Gasteiger partial charge is 0.191 e. The van der Waals surface area contributed by atoms with Crippen LogP contribution in [0.2, 0.25) is 0 Å². The number of aliphatic imine (C=N–C) groups is 1. The third-order valence-corrected chi connectivity index (χ3v) is 3.63. The summed E-state index contributed by atoms with van der Waals surface area (Å²) in [4.78, 5) is 4.45. The van der Waals surface area contributed by atoms with Crippen LogP contribution in [-0.4, -0.2) is 31.7 Å². The van der Waals surface area contributed by atoms with E-state index in [1.54, 1.807) is 0 Å². The first-order chi connectivity index (χ1) is 9.36. The van der Waals surface area contributed by atoms with Crippen LogP contribution in [0, 0.1) is 0 Å². The summed E-state index contributed by atoms with van der Waals surface area (Å²) in [6.45, 7) is 4.70. The Kier molecular flexibility index (Phi) is 3.58. The summed E-state index contributed by atoms with van der Waals surface area (Å²) < 4.78 is 5.46. The fourth-order valence-electron chi connectivity index (χ4n) is 2.51. The maximum Gasteiger partial charge on any atom is 0.191 e. The second kappa shape index (κ2) is 5.51. The molecular weight excluding hydrogens is 238 g/mol. The maximum atomic E-state index is 5.46. The Bertz CT molecular complexity index is 455. The lowest BCUT2D eigenvalue weighted by atomic mass is 10.1. The number of hydrogen-bond donors (Lipinski definition) is 2. The van der Waals surface area contributed by atoms with E-state index in [0.29, 0.717) is 12.0 Å². The monoisotopic (exact) mass is 259 g/mol.